The smallest absolute Gasteiger partial charge is 0.0442 e. The van der Waals surface area contributed by atoms with E-state index in [-0.39, 0.29) is 0 Å². The van der Waals surface area contributed by atoms with Gasteiger partial charge in [-0.05, 0) is 26.0 Å². The number of aromatic nitrogens is 1. The summed E-state index contributed by atoms with van der Waals surface area (Å²) in [5, 5.41) is 3.20. The molecule has 16 heavy (non-hydrogen) atoms. The number of nitrogens with zero attached hydrogens (tertiary/aromatic N) is 2. The summed E-state index contributed by atoms with van der Waals surface area (Å²) in [5.41, 5.74) is 2.62. The van der Waals surface area contributed by atoms with Crippen molar-refractivity contribution in [1.29, 1.82) is 0 Å². The lowest BCUT2D eigenvalue weighted by atomic mass is 10.1. The maximum Gasteiger partial charge on any atom is 0.0442 e. The highest BCUT2D eigenvalue weighted by molar-refractivity contribution is 5.52. The Morgan fingerprint density at radius 3 is 2.88 bits per heavy atom. The van der Waals surface area contributed by atoms with Gasteiger partial charge in [0.15, 0.2) is 0 Å². The van der Waals surface area contributed by atoms with Crippen molar-refractivity contribution in [1.82, 2.24) is 10.3 Å². The van der Waals surface area contributed by atoms with Crippen molar-refractivity contribution < 1.29 is 0 Å². The Bertz CT molecular complexity index is 332. The second-order valence-corrected chi connectivity index (χ2v) is 4.58. The third kappa shape index (κ3) is 2.35. The third-order valence-electron chi connectivity index (χ3n) is 3.50. The molecule has 3 heteroatoms. The van der Waals surface area contributed by atoms with Gasteiger partial charge in [0.2, 0.25) is 0 Å². The van der Waals surface area contributed by atoms with E-state index in [2.05, 4.69) is 28.3 Å². The number of pyridine rings is 1. The molecule has 1 aliphatic rings. The van der Waals surface area contributed by atoms with Gasteiger partial charge in [0.05, 0.1) is 0 Å². The van der Waals surface area contributed by atoms with Crippen LogP contribution in [0.3, 0.4) is 0 Å². The van der Waals surface area contributed by atoms with Crippen LogP contribution in [0.15, 0.2) is 18.5 Å². The molecule has 1 fully saturated rings. The summed E-state index contributed by atoms with van der Waals surface area (Å²) in [6.07, 6.45) is 9.27. The highest BCUT2D eigenvalue weighted by Gasteiger charge is 2.21. The largest absolute Gasteiger partial charge is 0.371 e. The molecule has 1 aromatic heterocycles. The molecule has 3 nitrogen and oxygen atoms in total. The van der Waals surface area contributed by atoms with Gasteiger partial charge in [0.1, 0.15) is 0 Å². The molecular weight excluding hydrogens is 198 g/mol. The molecule has 88 valence electrons. The van der Waals surface area contributed by atoms with E-state index in [1.165, 1.54) is 36.9 Å². The lowest BCUT2D eigenvalue weighted by Crippen LogP contribution is -2.30. The third-order valence-corrected chi connectivity index (χ3v) is 3.50. The van der Waals surface area contributed by atoms with Gasteiger partial charge in [-0.25, -0.2) is 0 Å². The molecule has 0 aromatic carbocycles. The Balaban J connectivity index is 2.17. The number of hydrogen-bond donors (Lipinski definition) is 1. The molecule has 0 unspecified atom stereocenters. The summed E-state index contributed by atoms with van der Waals surface area (Å²) in [4.78, 5) is 6.64. The topological polar surface area (TPSA) is 28.2 Å². The molecule has 0 amide bonds. The zero-order valence-electron chi connectivity index (χ0n) is 10.2. The van der Waals surface area contributed by atoms with Crippen LogP contribution in [0.25, 0.3) is 0 Å². The van der Waals surface area contributed by atoms with Gasteiger partial charge < -0.3 is 10.2 Å². The van der Waals surface area contributed by atoms with Crippen molar-refractivity contribution in [2.75, 3.05) is 19.0 Å². The predicted molar refractivity (Wildman–Crippen MR) is 67.7 cm³/mol. The molecule has 1 N–H and O–H groups in total. The minimum absolute atomic E-state index is 0.720. The van der Waals surface area contributed by atoms with Gasteiger partial charge in [-0.1, -0.05) is 12.8 Å². The van der Waals surface area contributed by atoms with Crippen LogP contribution in [-0.2, 0) is 6.54 Å². The number of rotatable bonds is 4. The van der Waals surface area contributed by atoms with Crippen LogP contribution < -0.4 is 10.2 Å². The van der Waals surface area contributed by atoms with Crippen LogP contribution in [0.4, 0.5) is 5.69 Å². The van der Waals surface area contributed by atoms with Gasteiger partial charge in [0, 0.05) is 43.3 Å². The van der Waals surface area contributed by atoms with E-state index < -0.39 is 0 Å². The fourth-order valence-electron chi connectivity index (χ4n) is 2.58. The van der Waals surface area contributed by atoms with Gasteiger partial charge in [-0.2, -0.15) is 0 Å². The molecule has 0 radical (unpaired) electrons. The van der Waals surface area contributed by atoms with Gasteiger partial charge in [-0.3, -0.25) is 4.98 Å². The highest BCUT2D eigenvalue weighted by Crippen LogP contribution is 2.28. The van der Waals surface area contributed by atoms with Crippen molar-refractivity contribution in [3.05, 3.63) is 24.0 Å². The molecule has 0 spiro atoms. The standard InChI is InChI=1S/C13H21N3/c1-14-9-11-10-15-8-7-13(11)16(2)12-5-3-4-6-12/h7-8,10,12,14H,3-6,9H2,1-2H3. The molecular formula is C13H21N3. The predicted octanol–water partition coefficient (Wildman–Crippen LogP) is 2.18. The number of anilines is 1. The summed E-state index contributed by atoms with van der Waals surface area (Å²) < 4.78 is 0. The van der Waals surface area contributed by atoms with Crippen LogP contribution >= 0.6 is 0 Å². The Morgan fingerprint density at radius 1 is 1.44 bits per heavy atom. The van der Waals surface area contributed by atoms with E-state index in [0.29, 0.717) is 0 Å². The van der Waals surface area contributed by atoms with Crippen LogP contribution in [-0.4, -0.2) is 25.1 Å². The first-order chi connectivity index (χ1) is 7.83. The minimum Gasteiger partial charge on any atom is -0.371 e. The highest BCUT2D eigenvalue weighted by atomic mass is 15.1. The van der Waals surface area contributed by atoms with Gasteiger partial charge in [-0.15, -0.1) is 0 Å². The molecule has 0 atom stereocenters. The lowest BCUT2D eigenvalue weighted by molar-refractivity contribution is 0.648. The van der Waals surface area contributed by atoms with Gasteiger partial charge in [0.25, 0.3) is 0 Å². The SMILES string of the molecule is CNCc1cnccc1N(C)C1CCCC1. The quantitative estimate of drug-likeness (QED) is 0.841. The summed E-state index contributed by atoms with van der Waals surface area (Å²) in [6.45, 7) is 0.889. The summed E-state index contributed by atoms with van der Waals surface area (Å²) in [6, 6.07) is 2.85. The molecule has 0 bridgehead atoms. The van der Waals surface area contributed by atoms with Crippen LogP contribution in [0.1, 0.15) is 31.2 Å². The fraction of sp³-hybridized carbons (Fsp3) is 0.615. The van der Waals surface area contributed by atoms with E-state index in [1.807, 2.05) is 19.4 Å². The van der Waals surface area contributed by atoms with E-state index in [1.54, 1.807) is 0 Å². The number of nitrogens with one attached hydrogen (secondary N) is 1. The molecule has 1 aliphatic carbocycles. The molecule has 1 aromatic rings. The lowest BCUT2D eigenvalue weighted by Gasteiger charge is -2.28. The maximum atomic E-state index is 4.21. The Kier molecular flexibility index (Phi) is 3.78. The van der Waals surface area contributed by atoms with Gasteiger partial charge >= 0.3 is 0 Å². The van der Waals surface area contributed by atoms with Crippen molar-refractivity contribution >= 4 is 5.69 Å². The van der Waals surface area contributed by atoms with E-state index >= 15 is 0 Å². The zero-order chi connectivity index (χ0) is 11.4. The minimum atomic E-state index is 0.720. The van der Waals surface area contributed by atoms with E-state index in [0.717, 1.165) is 12.6 Å². The van der Waals surface area contributed by atoms with Crippen molar-refractivity contribution in [3.63, 3.8) is 0 Å². The molecule has 0 saturated heterocycles. The summed E-state index contributed by atoms with van der Waals surface area (Å²) in [7, 11) is 4.19. The molecule has 2 rings (SSSR count). The van der Waals surface area contributed by atoms with E-state index in [9.17, 15) is 0 Å². The first-order valence-electron chi connectivity index (χ1n) is 6.13. The van der Waals surface area contributed by atoms with Crippen LogP contribution in [0.2, 0.25) is 0 Å². The Labute approximate surface area is 97.9 Å². The first kappa shape index (κ1) is 11.4. The van der Waals surface area contributed by atoms with Crippen molar-refractivity contribution in [2.24, 2.45) is 0 Å². The van der Waals surface area contributed by atoms with Crippen molar-refractivity contribution in [3.8, 4) is 0 Å². The molecule has 0 aliphatic heterocycles. The second-order valence-electron chi connectivity index (χ2n) is 4.58. The Hall–Kier alpha value is -1.09. The monoisotopic (exact) mass is 219 g/mol. The summed E-state index contributed by atoms with van der Waals surface area (Å²) >= 11 is 0. The normalized spacial score (nSPS) is 16.6. The molecule has 1 heterocycles. The van der Waals surface area contributed by atoms with Crippen molar-refractivity contribution in [2.45, 2.75) is 38.3 Å². The second kappa shape index (κ2) is 5.30. The van der Waals surface area contributed by atoms with E-state index in [4.69, 9.17) is 0 Å². The Morgan fingerprint density at radius 2 is 2.19 bits per heavy atom. The average Bonchev–Trinajstić information content (AvgIpc) is 2.83. The fourth-order valence-corrected chi connectivity index (χ4v) is 2.58. The average molecular weight is 219 g/mol. The molecule has 1 saturated carbocycles. The maximum absolute atomic E-state index is 4.21. The van der Waals surface area contributed by atoms with Crippen LogP contribution in [0.5, 0.6) is 0 Å². The van der Waals surface area contributed by atoms with Crippen LogP contribution in [0, 0.1) is 0 Å². The zero-order valence-corrected chi connectivity index (χ0v) is 10.2. The summed E-state index contributed by atoms with van der Waals surface area (Å²) in [5.74, 6) is 0. The number of hydrogen-bond acceptors (Lipinski definition) is 3. The first-order valence-corrected chi connectivity index (χ1v) is 6.13.